The average molecular weight is 341 g/mol. The van der Waals surface area contributed by atoms with Crippen molar-refractivity contribution in [2.45, 2.75) is 37.8 Å². The van der Waals surface area contributed by atoms with E-state index in [1.165, 1.54) is 20.9 Å². The number of rotatable bonds is 1. The van der Waals surface area contributed by atoms with E-state index in [9.17, 15) is 31.1 Å². The Morgan fingerprint density at radius 2 is 1.43 bits per heavy atom. The fourth-order valence-electron chi connectivity index (χ4n) is 2.34. The van der Waals surface area contributed by atoms with Crippen molar-refractivity contribution in [3.63, 3.8) is 0 Å². The Kier molecular flexibility index (Phi) is 3.82. The van der Waals surface area contributed by atoms with E-state index in [4.69, 9.17) is 4.74 Å². The third kappa shape index (κ3) is 3.09. The molecule has 0 N–H and O–H groups in total. The monoisotopic (exact) mass is 341 g/mol. The molecule has 0 aromatic heterocycles. The van der Waals surface area contributed by atoms with Crippen LogP contribution < -0.4 is 0 Å². The van der Waals surface area contributed by atoms with Gasteiger partial charge < -0.3 is 9.64 Å². The van der Waals surface area contributed by atoms with Gasteiger partial charge in [0.2, 0.25) is 0 Å². The van der Waals surface area contributed by atoms with Gasteiger partial charge in [-0.2, -0.15) is 26.3 Å². The van der Waals surface area contributed by atoms with Crippen molar-refractivity contribution >= 4 is 6.09 Å². The predicted molar refractivity (Wildman–Crippen MR) is 67.5 cm³/mol. The molecule has 3 nitrogen and oxygen atoms in total. The molecule has 0 bridgehead atoms. The third-order valence-corrected chi connectivity index (χ3v) is 3.91. The topological polar surface area (TPSA) is 29.5 Å². The van der Waals surface area contributed by atoms with E-state index in [2.05, 4.69) is 0 Å². The van der Waals surface area contributed by atoms with Crippen LogP contribution >= 0.6 is 0 Å². The molecule has 1 aliphatic rings. The number of amides is 1. The van der Waals surface area contributed by atoms with Gasteiger partial charge in [-0.15, -0.1) is 0 Å². The van der Waals surface area contributed by atoms with E-state index >= 15 is 0 Å². The van der Waals surface area contributed by atoms with Gasteiger partial charge >= 0.3 is 18.4 Å². The summed E-state index contributed by atoms with van der Waals surface area (Å²) in [6.45, 7) is 2.99. The molecular formula is C14H13F6NO2. The molecule has 0 aliphatic carbocycles. The maximum absolute atomic E-state index is 12.9. The van der Waals surface area contributed by atoms with Gasteiger partial charge in [0, 0.05) is 7.05 Å². The zero-order chi connectivity index (χ0) is 17.8. The molecule has 1 heterocycles. The molecule has 1 saturated heterocycles. The minimum Gasteiger partial charge on any atom is -0.439 e. The summed E-state index contributed by atoms with van der Waals surface area (Å²) in [6, 6.07) is 1.19. The summed E-state index contributed by atoms with van der Waals surface area (Å²) in [6.07, 6.45) is -12.0. The Hall–Kier alpha value is -1.93. The summed E-state index contributed by atoms with van der Waals surface area (Å²) in [5.74, 6) is 0. The number of hydrogen-bond acceptors (Lipinski definition) is 2. The molecule has 0 radical (unpaired) electrons. The largest absolute Gasteiger partial charge is 0.439 e. The van der Waals surface area contributed by atoms with E-state index in [1.807, 2.05) is 0 Å². The van der Waals surface area contributed by atoms with Crippen LogP contribution in [0.15, 0.2) is 18.2 Å². The molecule has 1 amide bonds. The normalized spacial score (nSPS) is 21.5. The Bertz CT molecular complexity index is 603. The maximum atomic E-state index is 12.9. The van der Waals surface area contributed by atoms with Crippen molar-refractivity contribution in [2.24, 2.45) is 0 Å². The molecule has 1 aromatic carbocycles. The fraction of sp³-hybridized carbons (Fsp3) is 0.500. The molecule has 1 fully saturated rings. The van der Waals surface area contributed by atoms with Crippen LogP contribution in [0.1, 0.15) is 36.6 Å². The number of benzene rings is 1. The summed E-state index contributed by atoms with van der Waals surface area (Å²) in [4.78, 5) is 12.7. The zero-order valence-corrected chi connectivity index (χ0v) is 12.3. The van der Waals surface area contributed by atoms with Crippen LogP contribution in [0.5, 0.6) is 0 Å². The number of carbonyl (C=O) groups excluding carboxylic acids is 1. The van der Waals surface area contributed by atoms with Crippen molar-refractivity contribution in [1.29, 1.82) is 0 Å². The molecule has 2 rings (SSSR count). The Morgan fingerprint density at radius 1 is 1.00 bits per heavy atom. The quantitative estimate of drug-likeness (QED) is 0.697. The van der Waals surface area contributed by atoms with Gasteiger partial charge in [0.05, 0.1) is 16.7 Å². The second kappa shape index (κ2) is 5.04. The number of ether oxygens (including phenoxy) is 1. The van der Waals surface area contributed by atoms with Gasteiger partial charge in [-0.25, -0.2) is 4.79 Å². The van der Waals surface area contributed by atoms with E-state index in [0.717, 1.165) is 4.90 Å². The first-order valence-corrected chi connectivity index (χ1v) is 6.48. The summed E-state index contributed by atoms with van der Waals surface area (Å²) in [5.41, 5.74) is -4.33. The summed E-state index contributed by atoms with van der Waals surface area (Å²) >= 11 is 0. The van der Waals surface area contributed by atoms with Gasteiger partial charge in [-0.05, 0) is 37.6 Å². The van der Waals surface area contributed by atoms with E-state index in [0.29, 0.717) is 12.1 Å². The number of hydrogen-bond donors (Lipinski definition) is 0. The van der Waals surface area contributed by atoms with Crippen LogP contribution in [-0.2, 0) is 17.1 Å². The Morgan fingerprint density at radius 3 is 1.74 bits per heavy atom. The molecular weight excluding hydrogens is 328 g/mol. The van der Waals surface area contributed by atoms with Gasteiger partial charge in [0.15, 0.2) is 6.10 Å². The van der Waals surface area contributed by atoms with E-state index in [1.54, 1.807) is 0 Å². The molecule has 128 valence electrons. The molecule has 1 aliphatic heterocycles. The predicted octanol–water partition coefficient (Wildman–Crippen LogP) is 4.63. The second-order valence-electron chi connectivity index (χ2n) is 5.82. The van der Waals surface area contributed by atoms with Gasteiger partial charge in [0.25, 0.3) is 0 Å². The lowest BCUT2D eigenvalue weighted by Gasteiger charge is -2.30. The highest BCUT2D eigenvalue weighted by molar-refractivity contribution is 5.71. The van der Waals surface area contributed by atoms with Crippen LogP contribution in [0.25, 0.3) is 0 Å². The Balaban J connectivity index is 2.61. The summed E-state index contributed by atoms with van der Waals surface area (Å²) < 4.78 is 82.3. The molecule has 23 heavy (non-hydrogen) atoms. The standard InChI is InChI=1S/C14H13F6NO2/c1-12(2)10(23-11(22)21(12)3)7-4-8(13(15,16)17)6-9(5-7)14(18,19)20/h4-6,10H,1-3H3/t10-/m1/s1. The smallest absolute Gasteiger partial charge is 0.416 e. The molecule has 0 saturated carbocycles. The molecule has 9 heteroatoms. The van der Waals surface area contributed by atoms with Crippen molar-refractivity contribution in [3.8, 4) is 0 Å². The number of carbonyl (C=O) groups is 1. The van der Waals surface area contributed by atoms with Gasteiger partial charge in [-0.3, -0.25) is 0 Å². The molecule has 0 unspecified atom stereocenters. The lowest BCUT2D eigenvalue weighted by Crippen LogP contribution is -2.40. The van der Waals surface area contributed by atoms with Crippen molar-refractivity contribution in [2.75, 3.05) is 7.05 Å². The van der Waals surface area contributed by atoms with E-state index in [-0.39, 0.29) is 11.6 Å². The lowest BCUT2D eigenvalue weighted by molar-refractivity contribution is -0.143. The van der Waals surface area contributed by atoms with Crippen LogP contribution in [0.3, 0.4) is 0 Å². The highest BCUT2D eigenvalue weighted by Crippen LogP contribution is 2.43. The van der Waals surface area contributed by atoms with Crippen molar-refractivity contribution in [1.82, 2.24) is 4.90 Å². The van der Waals surface area contributed by atoms with Crippen molar-refractivity contribution < 1.29 is 35.9 Å². The van der Waals surface area contributed by atoms with E-state index < -0.39 is 41.2 Å². The molecule has 1 aromatic rings. The van der Waals surface area contributed by atoms with Crippen LogP contribution in [0.2, 0.25) is 0 Å². The first-order valence-electron chi connectivity index (χ1n) is 6.48. The van der Waals surface area contributed by atoms with Gasteiger partial charge in [-0.1, -0.05) is 0 Å². The number of cyclic esters (lactones) is 1. The fourth-order valence-corrected chi connectivity index (χ4v) is 2.34. The highest BCUT2D eigenvalue weighted by Gasteiger charge is 2.48. The van der Waals surface area contributed by atoms with Gasteiger partial charge in [0.1, 0.15) is 0 Å². The molecule has 0 spiro atoms. The van der Waals surface area contributed by atoms with Crippen LogP contribution in [-0.4, -0.2) is 23.6 Å². The zero-order valence-electron chi connectivity index (χ0n) is 12.3. The maximum Gasteiger partial charge on any atom is 0.416 e. The summed E-state index contributed by atoms with van der Waals surface area (Å²) in [7, 11) is 1.36. The second-order valence-corrected chi connectivity index (χ2v) is 5.82. The van der Waals surface area contributed by atoms with Crippen LogP contribution in [0, 0.1) is 0 Å². The minimum atomic E-state index is -4.95. The first kappa shape index (κ1) is 17.4. The average Bonchev–Trinajstić information content (AvgIpc) is 2.60. The number of likely N-dealkylation sites (N-methyl/N-ethyl adjacent to an activating group) is 1. The molecule has 1 atom stereocenters. The summed E-state index contributed by atoms with van der Waals surface area (Å²) in [5, 5.41) is 0. The minimum absolute atomic E-state index is 0.0387. The lowest BCUT2D eigenvalue weighted by atomic mass is 9.89. The first-order chi connectivity index (χ1) is 10.2. The third-order valence-electron chi connectivity index (χ3n) is 3.91. The number of alkyl halides is 6. The number of nitrogens with zero attached hydrogens (tertiary/aromatic N) is 1. The Labute approximate surface area is 127 Å². The highest BCUT2D eigenvalue weighted by atomic mass is 19.4. The van der Waals surface area contributed by atoms with Crippen LogP contribution in [0.4, 0.5) is 31.1 Å². The van der Waals surface area contributed by atoms with Crippen molar-refractivity contribution in [3.05, 3.63) is 34.9 Å². The SMILES string of the molecule is CN1C(=O)O[C@H](c2cc(C(F)(F)F)cc(C(F)(F)F)c2)C1(C)C. The number of halogens is 6.